The molecule has 0 aromatic heterocycles. The average Bonchev–Trinajstić information content (AvgIpc) is 2.63. The van der Waals surface area contributed by atoms with Gasteiger partial charge in [-0.15, -0.1) is 0 Å². The highest BCUT2D eigenvalue weighted by molar-refractivity contribution is 5.82. The number of amides is 1. The summed E-state index contributed by atoms with van der Waals surface area (Å²) < 4.78 is 11.5. The molecule has 0 aliphatic carbocycles. The summed E-state index contributed by atoms with van der Waals surface area (Å²) in [6, 6.07) is 19.7. The first-order chi connectivity index (χ1) is 11.7. The maximum Gasteiger partial charge on any atom is 0.256 e. The minimum absolute atomic E-state index is 0.0128. The minimum Gasteiger partial charge on any atom is -0.367 e. The molecule has 2 aromatic carbocycles. The minimum atomic E-state index is -0.576. The van der Waals surface area contributed by atoms with E-state index in [4.69, 9.17) is 9.47 Å². The Kier molecular flexibility index (Phi) is 5.28. The number of ether oxygens (including phenoxy) is 2. The summed E-state index contributed by atoms with van der Waals surface area (Å²) in [5.41, 5.74) is 1.97. The first-order valence-electron chi connectivity index (χ1n) is 8.26. The highest BCUT2D eigenvalue weighted by atomic mass is 16.5. The number of carbonyl (C=O) groups is 1. The van der Waals surface area contributed by atoms with Crippen molar-refractivity contribution in [3.63, 3.8) is 0 Å². The number of morpholine rings is 1. The number of hydrogen-bond acceptors (Lipinski definition) is 3. The number of benzene rings is 2. The van der Waals surface area contributed by atoms with E-state index in [0.717, 1.165) is 11.1 Å². The van der Waals surface area contributed by atoms with Gasteiger partial charge in [0, 0.05) is 13.7 Å². The Hall–Kier alpha value is -2.17. The molecule has 1 amide bonds. The molecule has 126 valence electrons. The quantitative estimate of drug-likeness (QED) is 0.865. The topological polar surface area (TPSA) is 38.8 Å². The third-order valence-electron chi connectivity index (χ3n) is 4.31. The van der Waals surface area contributed by atoms with Crippen molar-refractivity contribution in [3.8, 4) is 0 Å². The number of hydrogen-bond donors (Lipinski definition) is 0. The number of methoxy groups -OCH3 is 1. The molecule has 0 unspecified atom stereocenters. The largest absolute Gasteiger partial charge is 0.367 e. The molecule has 1 aliphatic rings. The molecule has 0 spiro atoms. The van der Waals surface area contributed by atoms with Crippen molar-refractivity contribution in [2.75, 3.05) is 20.2 Å². The van der Waals surface area contributed by atoms with E-state index >= 15 is 0 Å². The average molecular weight is 325 g/mol. The van der Waals surface area contributed by atoms with E-state index in [0.29, 0.717) is 13.1 Å². The van der Waals surface area contributed by atoms with Gasteiger partial charge in [0.05, 0.1) is 12.6 Å². The summed E-state index contributed by atoms with van der Waals surface area (Å²) in [6.45, 7) is 3.12. The fraction of sp³-hybridized carbons (Fsp3) is 0.350. The molecule has 3 rings (SSSR count). The molecule has 3 atom stereocenters. The first-order valence-corrected chi connectivity index (χ1v) is 8.26. The van der Waals surface area contributed by atoms with Crippen molar-refractivity contribution in [2.45, 2.75) is 25.2 Å². The molecule has 4 nitrogen and oxygen atoms in total. The van der Waals surface area contributed by atoms with Crippen LogP contribution in [0.15, 0.2) is 60.7 Å². The lowest BCUT2D eigenvalue weighted by Gasteiger charge is -2.38. The van der Waals surface area contributed by atoms with Crippen LogP contribution >= 0.6 is 0 Å². The summed E-state index contributed by atoms with van der Waals surface area (Å²) in [4.78, 5) is 14.9. The summed E-state index contributed by atoms with van der Waals surface area (Å²) in [6.07, 6.45) is -0.693. The Morgan fingerprint density at radius 1 is 1.08 bits per heavy atom. The van der Waals surface area contributed by atoms with E-state index < -0.39 is 6.10 Å². The van der Waals surface area contributed by atoms with E-state index in [1.807, 2.05) is 72.5 Å². The monoisotopic (exact) mass is 325 g/mol. The Balaban J connectivity index is 1.78. The van der Waals surface area contributed by atoms with Crippen molar-refractivity contribution >= 4 is 5.91 Å². The van der Waals surface area contributed by atoms with Gasteiger partial charge in [-0.2, -0.15) is 0 Å². The third-order valence-corrected chi connectivity index (χ3v) is 4.31. The summed E-state index contributed by atoms with van der Waals surface area (Å²) in [5.74, 6) is -0.0141. The van der Waals surface area contributed by atoms with Gasteiger partial charge in [-0.25, -0.2) is 0 Å². The van der Waals surface area contributed by atoms with Gasteiger partial charge in [-0.05, 0) is 18.1 Å². The molecule has 24 heavy (non-hydrogen) atoms. The van der Waals surface area contributed by atoms with Gasteiger partial charge in [0.2, 0.25) is 0 Å². The lowest BCUT2D eigenvalue weighted by atomic mass is 10.0. The smallest absolute Gasteiger partial charge is 0.256 e. The van der Waals surface area contributed by atoms with E-state index in [1.165, 1.54) is 0 Å². The van der Waals surface area contributed by atoms with Crippen LogP contribution in [0.5, 0.6) is 0 Å². The molecule has 1 saturated heterocycles. The Bertz CT molecular complexity index is 659. The Morgan fingerprint density at radius 2 is 1.71 bits per heavy atom. The van der Waals surface area contributed by atoms with Crippen LogP contribution in [-0.2, 0) is 14.3 Å². The zero-order chi connectivity index (χ0) is 16.9. The maximum atomic E-state index is 13.0. The van der Waals surface area contributed by atoms with Crippen LogP contribution in [0.25, 0.3) is 0 Å². The van der Waals surface area contributed by atoms with Crippen LogP contribution in [0.3, 0.4) is 0 Å². The SMILES string of the molecule is CO[C@H](C(=O)N1C[C@H](C)O[C@@H](c2ccccc2)C1)c1ccccc1. The zero-order valence-electron chi connectivity index (χ0n) is 14.1. The van der Waals surface area contributed by atoms with E-state index in [1.54, 1.807) is 7.11 Å². The normalized spacial score (nSPS) is 22.2. The summed E-state index contributed by atoms with van der Waals surface area (Å²) in [7, 11) is 1.58. The van der Waals surface area contributed by atoms with Gasteiger partial charge in [0.25, 0.3) is 5.91 Å². The molecular formula is C20H23NO3. The molecular weight excluding hydrogens is 302 g/mol. The second-order valence-corrected chi connectivity index (χ2v) is 6.12. The van der Waals surface area contributed by atoms with E-state index in [9.17, 15) is 4.79 Å². The fourth-order valence-electron chi connectivity index (χ4n) is 3.16. The van der Waals surface area contributed by atoms with E-state index in [-0.39, 0.29) is 18.1 Å². The lowest BCUT2D eigenvalue weighted by molar-refractivity contribution is -0.155. The van der Waals surface area contributed by atoms with E-state index in [2.05, 4.69) is 0 Å². The molecule has 1 fully saturated rings. The number of rotatable bonds is 4. The number of nitrogens with zero attached hydrogens (tertiary/aromatic N) is 1. The molecule has 1 aliphatic heterocycles. The second kappa shape index (κ2) is 7.60. The van der Waals surface area contributed by atoms with Gasteiger partial charge in [-0.1, -0.05) is 60.7 Å². The molecule has 4 heteroatoms. The predicted molar refractivity (Wildman–Crippen MR) is 92.5 cm³/mol. The molecule has 0 bridgehead atoms. The summed E-state index contributed by atoms with van der Waals surface area (Å²) in [5, 5.41) is 0. The second-order valence-electron chi connectivity index (χ2n) is 6.12. The van der Waals surface area contributed by atoms with Gasteiger partial charge in [-0.3, -0.25) is 4.79 Å². The van der Waals surface area contributed by atoms with Crippen LogP contribution in [0, 0.1) is 0 Å². The summed E-state index contributed by atoms with van der Waals surface area (Å²) >= 11 is 0. The van der Waals surface area contributed by atoms with Gasteiger partial charge >= 0.3 is 0 Å². The molecule has 0 saturated carbocycles. The Labute approximate surface area is 143 Å². The van der Waals surface area contributed by atoms with Crippen molar-refractivity contribution in [1.29, 1.82) is 0 Å². The third kappa shape index (κ3) is 3.66. The van der Waals surface area contributed by atoms with Crippen molar-refractivity contribution in [2.24, 2.45) is 0 Å². The molecule has 2 aromatic rings. The first kappa shape index (κ1) is 16.7. The highest BCUT2D eigenvalue weighted by Crippen LogP contribution is 2.28. The van der Waals surface area contributed by atoms with Crippen LogP contribution in [0.4, 0.5) is 0 Å². The molecule has 0 N–H and O–H groups in total. The molecule has 0 radical (unpaired) electrons. The standard InChI is InChI=1S/C20H23NO3/c1-15-13-21(14-18(24-15)16-9-5-3-6-10-16)20(22)19(23-2)17-11-7-4-8-12-17/h3-12,15,18-19H,13-14H2,1-2H3/t15-,18+,19-/m0/s1. The highest BCUT2D eigenvalue weighted by Gasteiger charge is 2.33. The van der Waals surface area contributed by atoms with Gasteiger partial charge < -0.3 is 14.4 Å². The van der Waals surface area contributed by atoms with Crippen LogP contribution in [0.1, 0.15) is 30.3 Å². The predicted octanol–water partition coefficient (Wildman–Crippen LogP) is 3.36. The maximum absolute atomic E-state index is 13.0. The van der Waals surface area contributed by atoms with Crippen LogP contribution in [0.2, 0.25) is 0 Å². The number of carbonyl (C=O) groups excluding carboxylic acids is 1. The lowest BCUT2D eigenvalue weighted by Crippen LogP contribution is -2.47. The molecule has 1 heterocycles. The fourth-order valence-corrected chi connectivity index (χ4v) is 3.16. The van der Waals surface area contributed by atoms with Crippen molar-refractivity contribution in [1.82, 2.24) is 4.90 Å². The van der Waals surface area contributed by atoms with Gasteiger partial charge in [0.1, 0.15) is 6.10 Å². The van der Waals surface area contributed by atoms with Crippen LogP contribution < -0.4 is 0 Å². The van der Waals surface area contributed by atoms with Crippen molar-refractivity contribution < 1.29 is 14.3 Å². The van der Waals surface area contributed by atoms with Gasteiger partial charge in [0.15, 0.2) is 6.10 Å². The zero-order valence-corrected chi connectivity index (χ0v) is 14.1. The van der Waals surface area contributed by atoms with Crippen molar-refractivity contribution in [3.05, 3.63) is 71.8 Å². The van der Waals surface area contributed by atoms with Crippen LogP contribution in [-0.4, -0.2) is 37.1 Å². The Morgan fingerprint density at radius 3 is 2.33 bits per heavy atom.